The molecule has 12 aliphatic rings. The van der Waals surface area contributed by atoms with E-state index in [1.54, 1.807) is 14.2 Å². The van der Waals surface area contributed by atoms with Gasteiger partial charge in [0.2, 0.25) is 0 Å². The zero-order valence-corrected chi connectivity index (χ0v) is 64.6. The van der Waals surface area contributed by atoms with Gasteiger partial charge in [0.1, 0.15) is 6.10 Å². The third-order valence-electron chi connectivity index (χ3n) is 26.7. The monoisotopic (exact) mass is 1400 g/mol. The Morgan fingerprint density at radius 3 is 1.38 bits per heavy atom. The van der Waals surface area contributed by atoms with Gasteiger partial charge in [-0.25, -0.2) is 0 Å². The fraction of sp³-hybridized carbons (Fsp3) is 0.938. The number of hydrogen-bond acceptors (Lipinski definition) is 19. The fourth-order valence-electron chi connectivity index (χ4n) is 23.6. The highest BCUT2D eigenvalue weighted by molar-refractivity contribution is 5.78. The van der Waals surface area contributed by atoms with Crippen LogP contribution in [0, 0.1) is 141 Å². The van der Waals surface area contributed by atoms with E-state index in [0.717, 1.165) is 70.6 Å². The van der Waals surface area contributed by atoms with Crippen LogP contribution >= 0.6 is 0 Å². The quantitative estimate of drug-likeness (QED) is 0.0323. The van der Waals surface area contributed by atoms with E-state index in [1.807, 2.05) is 0 Å². The van der Waals surface area contributed by atoms with E-state index in [4.69, 9.17) is 66.3 Å². The lowest BCUT2D eigenvalue weighted by atomic mass is 9.63. The number of rotatable bonds is 27. The standard InChI is InChI=1S/2C21H36O4.C20H32O6.C18H30O5/c1-7-15-17-13-9-14(18(17)16(8-2)25-15)21(6,10-13)19(22)24-12-23-11-20(3,4)5;1-7-15-18-13-9-14(19(18)16(8-2)25-15)17(12(13)3)20(22)24-11-23-10-21(4,5)6;1-5-15-19-12-7-13(14(8-12)20(19)16(6-2)26-15)17(25-11(3)21)9-18(22)24-10-23-4;1-5-13-16-10-7-11(17(16)14(6-2)23-13)15(12(10)8-20-3)18(19)22-9-21-4/h13-18H,7-12H2,1-6H3;12-19H,7-11H2,1-6H3;12-17,19-20H,5-10H2,1-4H3;10-17H,5-9H2,1-4H3. The van der Waals surface area contributed by atoms with Gasteiger partial charge in [-0.2, -0.15) is 0 Å². The lowest BCUT2D eigenvalue weighted by molar-refractivity contribution is -0.175. The zero-order valence-electron chi connectivity index (χ0n) is 64.6. The summed E-state index contributed by atoms with van der Waals surface area (Å²) in [5.74, 6) is 8.53. The number of esters is 5. The molecule has 0 N–H and O–H groups in total. The smallest absolute Gasteiger partial charge is 0.314 e. The van der Waals surface area contributed by atoms with Crippen molar-refractivity contribution in [2.75, 3.05) is 68.3 Å². The molecule has 0 amide bonds. The average Bonchev–Trinajstić information content (AvgIpc) is 1.57. The van der Waals surface area contributed by atoms with Crippen LogP contribution in [0.1, 0.15) is 214 Å². The van der Waals surface area contributed by atoms with Crippen molar-refractivity contribution in [2.45, 2.75) is 269 Å². The molecular formula is C80H134O19. The Balaban J connectivity index is 0.000000154. The molecule has 8 aliphatic carbocycles. The van der Waals surface area contributed by atoms with Gasteiger partial charge in [-0.3, -0.25) is 24.0 Å². The molecule has 4 aliphatic heterocycles. The van der Waals surface area contributed by atoms with Crippen LogP contribution in [0.4, 0.5) is 0 Å². The molecule has 568 valence electrons. The Morgan fingerprint density at radius 1 is 0.465 bits per heavy atom. The molecule has 31 atom stereocenters. The van der Waals surface area contributed by atoms with Crippen LogP contribution in [0.5, 0.6) is 0 Å². The summed E-state index contributed by atoms with van der Waals surface area (Å²) in [6.07, 6.45) is 17.4. The summed E-state index contributed by atoms with van der Waals surface area (Å²) in [5, 5.41) is 0. The number of methoxy groups -OCH3 is 3. The number of hydrogen-bond donors (Lipinski definition) is 0. The van der Waals surface area contributed by atoms with Crippen molar-refractivity contribution >= 4 is 29.8 Å². The molecule has 99 heavy (non-hydrogen) atoms. The van der Waals surface area contributed by atoms with Crippen LogP contribution in [0.25, 0.3) is 0 Å². The first kappa shape index (κ1) is 80.1. The lowest BCUT2D eigenvalue weighted by Gasteiger charge is -2.39. The Hall–Kier alpha value is -3.01. The molecule has 0 aromatic heterocycles. The van der Waals surface area contributed by atoms with Crippen LogP contribution in [-0.2, 0) is 90.3 Å². The van der Waals surface area contributed by atoms with E-state index in [1.165, 1.54) is 33.3 Å². The minimum atomic E-state index is -0.411. The van der Waals surface area contributed by atoms with E-state index in [2.05, 4.69) is 111 Å². The summed E-state index contributed by atoms with van der Waals surface area (Å²) < 4.78 is 78.6. The molecule has 4 heterocycles. The number of fused-ring (bicyclic) bond motifs is 20. The predicted molar refractivity (Wildman–Crippen MR) is 372 cm³/mol. The minimum Gasteiger partial charge on any atom is -0.462 e. The van der Waals surface area contributed by atoms with E-state index in [0.29, 0.717) is 169 Å². The molecule has 8 bridgehead atoms. The van der Waals surface area contributed by atoms with Crippen LogP contribution in [-0.4, -0.2) is 153 Å². The molecule has 8 saturated carbocycles. The molecule has 19 heteroatoms. The van der Waals surface area contributed by atoms with Crippen molar-refractivity contribution in [3.63, 3.8) is 0 Å². The summed E-state index contributed by atoms with van der Waals surface area (Å²) in [7, 11) is 4.74. The van der Waals surface area contributed by atoms with Crippen LogP contribution in [0.3, 0.4) is 0 Å². The van der Waals surface area contributed by atoms with Gasteiger partial charge < -0.3 is 66.3 Å². The minimum absolute atomic E-state index is 0.0257. The van der Waals surface area contributed by atoms with Gasteiger partial charge in [0.05, 0.1) is 92.3 Å². The normalized spacial score (nSPS) is 42.1. The maximum Gasteiger partial charge on any atom is 0.314 e. The Labute approximate surface area is 595 Å². The highest BCUT2D eigenvalue weighted by atomic mass is 16.7. The van der Waals surface area contributed by atoms with Gasteiger partial charge in [-0.15, -0.1) is 0 Å². The molecule has 0 aromatic carbocycles. The van der Waals surface area contributed by atoms with E-state index in [9.17, 15) is 24.0 Å². The summed E-state index contributed by atoms with van der Waals surface area (Å²) in [4.78, 5) is 62.0. The maximum atomic E-state index is 12.9. The molecule has 0 spiro atoms. The second kappa shape index (κ2) is 34.5. The average molecular weight is 1400 g/mol. The molecule has 12 fully saturated rings. The largest absolute Gasteiger partial charge is 0.462 e. The third-order valence-corrected chi connectivity index (χ3v) is 26.7. The first-order valence-electron chi connectivity index (χ1n) is 39.2. The third kappa shape index (κ3) is 16.8. The molecule has 4 saturated heterocycles. The SMILES string of the molecule is CCC1OC(CC)C2C1C1CC2C(C)(C(=O)OCOCC(C)(C)C)C1.CCC1OC(CC)C2C3CC(C(C)C3C(=O)OCOCC(C)(C)C)C12.CCC1OC(CC)C2C3CC(C(COC)C3C(=O)OCOC)C12.CCC1OC(CC)C2C3CC(CC3C(CC(=O)OCOC)OC(C)=O)C12. The first-order chi connectivity index (χ1) is 47.2. The van der Waals surface area contributed by atoms with Gasteiger partial charge in [0.15, 0.2) is 27.2 Å². The van der Waals surface area contributed by atoms with Gasteiger partial charge >= 0.3 is 29.8 Å². The van der Waals surface area contributed by atoms with Crippen LogP contribution in [0.2, 0.25) is 0 Å². The summed E-state index contributed by atoms with van der Waals surface area (Å²) >= 11 is 0. The van der Waals surface area contributed by atoms with Crippen molar-refractivity contribution in [1.29, 1.82) is 0 Å². The number of carbonyl (C=O) groups is 5. The summed E-state index contributed by atoms with van der Waals surface area (Å²) in [5.41, 5.74) is -0.193. The second-order valence-electron chi connectivity index (χ2n) is 34.8. The topological polar surface area (TPSA) is 215 Å². The van der Waals surface area contributed by atoms with Crippen molar-refractivity contribution in [3.05, 3.63) is 0 Å². The lowest BCUT2D eigenvalue weighted by Crippen LogP contribution is -2.44. The molecule has 0 radical (unpaired) electrons. The highest BCUT2D eigenvalue weighted by Gasteiger charge is 2.70. The van der Waals surface area contributed by atoms with E-state index >= 15 is 0 Å². The van der Waals surface area contributed by atoms with Crippen LogP contribution < -0.4 is 0 Å². The van der Waals surface area contributed by atoms with Crippen molar-refractivity contribution in [3.8, 4) is 0 Å². The Bertz CT molecular complexity index is 2620. The molecule has 31 unspecified atom stereocenters. The molecule has 0 aromatic rings. The van der Waals surface area contributed by atoms with Gasteiger partial charge in [0.25, 0.3) is 0 Å². The highest BCUT2D eigenvalue weighted by Crippen LogP contribution is 2.69. The van der Waals surface area contributed by atoms with Gasteiger partial charge in [0, 0.05) is 34.2 Å². The van der Waals surface area contributed by atoms with Crippen molar-refractivity contribution < 1.29 is 90.3 Å². The van der Waals surface area contributed by atoms with E-state index < -0.39 is 6.10 Å². The predicted octanol–water partition coefficient (Wildman–Crippen LogP) is 14.1. The Morgan fingerprint density at radius 2 is 0.889 bits per heavy atom. The molecule has 19 nitrogen and oxygen atoms in total. The van der Waals surface area contributed by atoms with Gasteiger partial charge in [-0.05, 0) is 214 Å². The van der Waals surface area contributed by atoms with Crippen LogP contribution in [0.15, 0.2) is 0 Å². The molecule has 12 rings (SSSR count). The van der Waals surface area contributed by atoms with Crippen molar-refractivity contribution in [2.24, 2.45) is 141 Å². The molecular weight excluding hydrogens is 1260 g/mol. The zero-order chi connectivity index (χ0) is 72.2. The van der Waals surface area contributed by atoms with E-state index in [-0.39, 0.29) is 103 Å². The van der Waals surface area contributed by atoms with Gasteiger partial charge in [-0.1, -0.05) is 104 Å². The first-order valence-corrected chi connectivity index (χ1v) is 39.2. The Kier molecular flexibility index (Phi) is 27.9. The summed E-state index contributed by atoms with van der Waals surface area (Å²) in [6.45, 7) is 38.1. The second-order valence-corrected chi connectivity index (χ2v) is 34.8. The van der Waals surface area contributed by atoms with Crippen molar-refractivity contribution in [1.82, 2.24) is 0 Å². The number of carbonyl (C=O) groups excluding carboxylic acids is 5. The number of ether oxygens (including phenoxy) is 14. The summed E-state index contributed by atoms with van der Waals surface area (Å²) in [6, 6.07) is 0. The fourth-order valence-corrected chi connectivity index (χ4v) is 23.6. The maximum absolute atomic E-state index is 12.9.